The Kier molecular flexibility index (Phi) is 4.77. The molecule has 0 aliphatic rings. The van der Waals surface area contributed by atoms with Crippen LogP contribution in [0.2, 0.25) is 0 Å². The summed E-state index contributed by atoms with van der Waals surface area (Å²) >= 11 is 0. The maximum atomic E-state index is 14.0. The third kappa shape index (κ3) is 3.32. The van der Waals surface area contributed by atoms with Gasteiger partial charge < -0.3 is 20.3 Å². The summed E-state index contributed by atoms with van der Waals surface area (Å²) in [5, 5.41) is 9.13. The SMILES string of the molecule is COc1cc(CO)ccc1Oc1c(F)cccc1[C@@H](C)N. The zero-order valence-corrected chi connectivity index (χ0v) is 12.0. The van der Waals surface area contributed by atoms with Crippen LogP contribution in [0.5, 0.6) is 17.2 Å². The molecule has 0 aliphatic heterocycles. The van der Waals surface area contributed by atoms with Gasteiger partial charge in [0, 0.05) is 11.6 Å². The van der Waals surface area contributed by atoms with Gasteiger partial charge in [0.2, 0.25) is 0 Å². The summed E-state index contributed by atoms with van der Waals surface area (Å²) in [6.45, 7) is 1.65. The fraction of sp³-hybridized carbons (Fsp3) is 0.250. The molecule has 0 amide bonds. The van der Waals surface area contributed by atoms with Crippen molar-refractivity contribution < 1.29 is 19.0 Å². The van der Waals surface area contributed by atoms with Crippen molar-refractivity contribution in [2.75, 3.05) is 7.11 Å². The minimum atomic E-state index is -0.488. The maximum absolute atomic E-state index is 14.0. The van der Waals surface area contributed by atoms with Crippen molar-refractivity contribution in [2.45, 2.75) is 19.6 Å². The van der Waals surface area contributed by atoms with E-state index in [1.54, 1.807) is 37.3 Å². The Morgan fingerprint density at radius 1 is 1.24 bits per heavy atom. The Bertz CT molecular complexity index is 629. The van der Waals surface area contributed by atoms with Gasteiger partial charge in [0.15, 0.2) is 23.1 Å². The predicted molar refractivity (Wildman–Crippen MR) is 78.0 cm³/mol. The summed E-state index contributed by atoms with van der Waals surface area (Å²) in [4.78, 5) is 0. The molecule has 0 aromatic heterocycles. The van der Waals surface area contributed by atoms with Crippen LogP contribution in [0.15, 0.2) is 36.4 Å². The van der Waals surface area contributed by atoms with Gasteiger partial charge in [-0.15, -0.1) is 0 Å². The van der Waals surface area contributed by atoms with Crippen molar-refractivity contribution in [3.05, 3.63) is 53.3 Å². The number of hydrogen-bond acceptors (Lipinski definition) is 4. The van der Waals surface area contributed by atoms with Gasteiger partial charge in [-0.1, -0.05) is 18.2 Å². The molecule has 2 rings (SSSR count). The van der Waals surface area contributed by atoms with E-state index < -0.39 is 5.82 Å². The summed E-state index contributed by atoms with van der Waals surface area (Å²) in [6.07, 6.45) is 0. The highest BCUT2D eigenvalue weighted by Gasteiger charge is 2.16. The zero-order chi connectivity index (χ0) is 15.4. The lowest BCUT2D eigenvalue weighted by Crippen LogP contribution is -2.08. The Hall–Kier alpha value is -2.11. The predicted octanol–water partition coefficient (Wildman–Crippen LogP) is 3.14. The highest BCUT2D eigenvalue weighted by Crippen LogP contribution is 2.36. The van der Waals surface area contributed by atoms with E-state index in [2.05, 4.69) is 0 Å². The second-order valence-electron chi connectivity index (χ2n) is 4.69. The minimum absolute atomic E-state index is 0.0857. The highest BCUT2D eigenvalue weighted by molar-refractivity contribution is 5.47. The Balaban J connectivity index is 2.43. The van der Waals surface area contributed by atoms with Gasteiger partial charge in [-0.2, -0.15) is 0 Å². The topological polar surface area (TPSA) is 64.7 Å². The molecule has 2 aromatic rings. The molecule has 0 radical (unpaired) electrons. The normalized spacial score (nSPS) is 12.0. The van der Waals surface area contributed by atoms with Gasteiger partial charge >= 0.3 is 0 Å². The molecule has 21 heavy (non-hydrogen) atoms. The second kappa shape index (κ2) is 6.56. The lowest BCUT2D eigenvalue weighted by molar-refractivity contribution is 0.280. The number of hydrogen-bond donors (Lipinski definition) is 2. The van der Waals surface area contributed by atoms with Gasteiger partial charge in [0.05, 0.1) is 13.7 Å². The van der Waals surface area contributed by atoms with Crippen LogP contribution in [0.1, 0.15) is 24.1 Å². The smallest absolute Gasteiger partial charge is 0.169 e. The van der Waals surface area contributed by atoms with Crippen molar-refractivity contribution in [1.29, 1.82) is 0 Å². The number of halogens is 1. The first kappa shape index (κ1) is 15.3. The van der Waals surface area contributed by atoms with Crippen LogP contribution in [0, 0.1) is 5.82 Å². The average molecular weight is 291 g/mol. The van der Waals surface area contributed by atoms with Crippen LogP contribution < -0.4 is 15.2 Å². The molecule has 0 spiro atoms. The molecule has 3 N–H and O–H groups in total. The molecule has 0 bridgehead atoms. The summed E-state index contributed by atoms with van der Waals surface area (Å²) < 4.78 is 24.9. The van der Waals surface area contributed by atoms with Gasteiger partial charge in [0.1, 0.15) is 0 Å². The van der Waals surface area contributed by atoms with E-state index >= 15 is 0 Å². The van der Waals surface area contributed by atoms with E-state index in [-0.39, 0.29) is 18.4 Å². The van der Waals surface area contributed by atoms with Crippen molar-refractivity contribution in [3.63, 3.8) is 0 Å². The van der Waals surface area contributed by atoms with Crippen molar-refractivity contribution in [1.82, 2.24) is 0 Å². The standard InChI is InChI=1S/C16H18FNO3/c1-10(18)12-4-3-5-13(17)16(12)21-14-7-6-11(9-19)8-15(14)20-2/h3-8,10,19H,9,18H2,1-2H3/t10-/m1/s1. The number of ether oxygens (including phenoxy) is 2. The summed E-state index contributed by atoms with van der Waals surface area (Å²) in [6, 6.07) is 9.21. The largest absolute Gasteiger partial charge is 0.493 e. The average Bonchev–Trinajstić information content (AvgIpc) is 2.49. The van der Waals surface area contributed by atoms with E-state index in [4.69, 9.17) is 20.3 Å². The lowest BCUT2D eigenvalue weighted by atomic mass is 10.1. The maximum Gasteiger partial charge on any atom is 0.169 e. The number of aliphatic hydroxyl groups is 1. The molecule has 0 saturated heterocycles. The molecule has 0 unspecified atom stereocenters. The van der Waals surface area contributed by atoms with Crippen LogP contribution in [0.4, 0.5) is 4.39 Å². The monoisotopic (exact) mass is 291 g/mol. The van der Waals surface area contributed by atoms with E-state index in [0.717, 1.165) is 0 Å². The molecular weight excluding hydrogens is 273 g/mol. The van der Waals surface area contributed by atoms with Gasteiger partial charge in [-0.05, 0) is 30.7 Å². The molecular formula is C16H18FNO3. The van der Waals surface area contributed by atoms with E-state index in [9.17, 15) is 4.39 Å². The first-order valence-electron chi connectivity index (χ1n) is 6.56. The quantitative estimate of drug-likeness (QED) is 0.888. The van der Waals surface area contributed by atoms with Crippen molar-refractivity contribution in [2.24, 2.45) is 5.73 Å². The summed E-state index contributed by atoms with van der Waals surface area (Å²) in [5.74, 6) is 0.378. The summed E-state index contributed by atoms with van der Waals surface area (Å²) in [5.41, 5.74) is 7.10. The Morgan fingerprint density at radius 2 is 2.00 bits per heavy atom. The van der Waals surface area contributed by atoms with E-state index in [1.807, 2.05) is 0 Å². The number of para-hydroxylation sites is 1. The first-order chi connectivity index (χ1) is 10.1. The molecule has 5 heteroatoms. The van der Waals surface area contributed by atoms with Crippen LogP contribution in [-0.4, -0.2) is 12.2 Å². The molecule has 2 aromatic carbocycles. The molecule has 4 nitrogen and oxygen atoms in total. The molecule has 0 saturated carbocycles. The third-order valence-electron chi connectivity index (χ3n) is 3.11. The van der Waals surface area contributed by atoms with E-state index in [1.165, 1.54) is 13.2 Å². The number of aliphatic hydroxyl groups excluding tert-OH is 1. The van der Waals surface area contributed by atoms with Crippen LogP contribution in [0.3, 0.4) is 0 Å². The minimum Gasteiger partial charge on any atom is -0.493 e. The van der Waals surface area contributed by atoms with Crippen LogP contribution in [0.25, 0.3) is 0 Å². The van der Waals surface area contributed by atoms with Gasteiger partial charge in [0.25, 0.3) is 0 Å². The van der Waals surface area contributed by atoms with Crippen LogP contribution >= 0.6 is 0 Å². The fourth-order valence-electron chi connectivity index (χ4n) is 2.00. The fourth-order valence-corrected chi connectivity index (χ4v) is 2.00. The highest BCUT2D eigenvalue weighted by atomic mass is 19.1. The Morgan fingerprint density at radius 3 is 2.62 bits per heavy atom. The first-order valence-corrected chi connectivity index (χ1v) is 6.56. The Labute approximate surface area is 122 Å². The zero-order valence-electron chi connectivity index (χ0n) is 12.0. The third-order valence-corrected chi connectivity index (χ3v) is 3.11. The van der Waals surface area contributed by atoms with Crippen molar-refractivity contribution >= 4 is 0 Å². The lowest BCUT2D eigenvalue weighted by Gasteiger charge is -2.16. The van der Waals surface area contributed by atoms with Gasteiger partial charge in [-0.25, -0.2) is 4.39 Å². The van der Waals surface area contributed by atoms with Gasteiger partial charge in [-0.3, -0.25) is 0 Å². The summed E-state index contributed by atoms with van der Waals surface area (Å²) in [7, 11) is 1.48. The second-order valence-corrected chi connectivity index (χ2v) is 4.69. The molecule has 112 valence electrons. The van der Waals surface area contributed by atoms with Crippen LogP contribution in [-0.2, 0) is 6.61 Å². The van der Waals surface area contributed by atoms with E-state index in [0.29, 0.717) is 22.6 Å². The number of nitrogens with two attached hydrogens (primary N) is 1. The van der Waals surface area contributed by atoms with Crippen molar-refractivity contribution in [3.8, 4) is 17.2 Å². The number of methoxy groups -OCH3 is 1. The molecule has 1 atom stereocenters. The molecule has 0 aliphatic carbocycles. The number of benzene rings is 2. The molecule has 0 heterocycles. The molecule has 0 fully saturated rings. The number of rotatable bonds is 5.